The molecule has 3 atom stereocenters. The van der Waals surface area contributed by atoms with Gasteiger partial charge in [-0.25, -0.2) is 0 Å². The Morgan fingerprint density at radius 1 is 1.17 bits per heavy atom. The average molecular weight is 495 g/mol. The van der Waals surface area contributed by atoms with Crippen molar-refractivity contribution in [3.8, 4) is 0 Å². The maximum absolute atomic E-state index is 12.2. The number of nitrogens with one attached hydrogen (secondary N) is 2. The van der Waals surface area contributed by atoms with Gasteiger partial charge in [-0.3, -0.25) is 23.9 Å². The number of carbonyl (C=O) groups is 2. The summed E-state index contributed by atoms with van der Waals surface area (Å²) in [6, 6.07) is 15.9. The fraction of sp³-hybridized carbons (Fsp3) is 0.250. The van der Waals surface area contributed by atoms with Crippen LogP contribution in [0.1, 0.15) is 40.5 Å². The summed E-state index contributed by atoms with van der Waals surface area (Å²) in [4.78, 5) is 23.9. The fourth-order valence-corrected chi connectivity index (χ4v) is 4.16. The molecule has 4 rings (SSSR count). The van der Waals surface area contributed by atoms with Crippen LogP contribution in [0.3, 0.4) is 0 Å². The van der Waals surface area contributed by atoms with Crippen LogP contribution < -0.4 is 5.32 Å². The van der Waals surface area contributed by atoms with Crippen LogP contribution in [-0.2, 0) is 32.9 Å². The van der Waals surface area contributed by atoms with Gasteiger partial charge in [0.1, 0.15) is 11.8 Å². The summed E-state index contributed by atoms with van der Waals surface area (Å²) in [5, 5.41) is 15.5. The molecule has 2 N–H and O–H groups in total. The number of aldehydes is 1. The van der Waals surface area contributed by atoms with Crippen molar-refractivity contribution in [2.24, 2.45) is 5.10 Å². The number of amides is 1. The maximum atomic E-state index is 12.2. The Hall–Kier alpha value is -3.67. The molecule has 0 bridgehead atoms. The minimum Gasteiger partial charge on any atom is -0.772 e. The van der Waals surface area contributed by atoms with E-state index in [4.69, 9.17) is 9.84 Å². The van der Waals surface area contributed by atoms with Gasteiger partial charge in [0.15, 0.2) is 6.29 Å². The molecule has 3 aromatic rings. The molecular weight excluding hydrogens is 470 g/mol. The molecule has 11 heteroatoms. The van der Waals surface area contributed by atoms with Gasteiger partial charge in [-0.2, -0.15) is 10.2 Å². The smallest absolute Gasteiger partial charge is 0.273 e. The van der Waals surface area contributed by atoms with Crippen molar-refractivity contribution in [1.29, 1.82) is 0 Å². The monoisotopic (exact) mass is 494 g/mol. The van der Waals surface area contributed by atoms with Crippen molar-refractivity contribution < 1.29 is 23.1 Å². The summed E-state index contributed by atoms with van der Waals surface area (Å²) in [5.41, 5.74) is 3.98. The zero-order valence-electron chi connectivity index (χ0n) is 18.9. The Morgan fingerprint density at radius 2 is 1.89 bits per heavy atom. The molecule has 2 aromatic carbocycles. The highest BCUT2D eigenvalue weighted by Crippen LogP contribution is 2.23. The Kier molecular flexibility index (Phi) is 7.80. The third kappa shape index (κ3) is 6.07. The van der Waals surface area contributed by atoms with E-state index in [1.807, 2.05) is 31.2 Å². The molecule has 35 heavy (non-hydrogen) atoms. The van der Waals surface area contributed by atoms with E-state index in [0.717, 1.165) is 11.1 Å². The van der Waals surface area contributed by atoms with Crippen molar-refractivity contribution in [3.63, 3.8) is 0 Å². The van der Waals surface area contributed by atoms with E-state index in [1.54, 1.807) is 35.3 Å². The number of hydrogen-bond acceptors (Lipinski definition) is 8. The lowest BCUT2D eigenvalue weighted by atomic mass is 10.0. The van der Waals surface area contributed by atoms with Crippen LogP contribution in [0.2, 0.25) is 0 Å². The number of rotatable bonds is 9. The maximum Gasteiger partial charge on any atom is 0.273 e. The zero-order chi connectivity index (χ0) is 24.8. The van der Waals surface area contributed by atoms with E-state index in [1.165, 1.54) is 6.20 Å². The molecular formula is C24H24N5O5S-. The molecule has 0 aliphatic carbocycles. The lowest BCUT2D eigenvalue weighted by Crippen LogP contribution is -2.45. The summed E-state index contributed by atoms with van der Waals surface area (Å²) in [7, 11) is 0. The van der Waals surface area contributed by atoms with Gasteiger partial charge in [0.25, 0.3) is 5.91 Å². The molecule has 1 aliphatic heterocycles. The lowest BCUT2D eigenvalue weighted by Gasteiger charge is -2.35. The van der Waals surface area contributed by atoms with Crippen LogP contribution in [0, 0.1) is 0 Å². The van der Waals surface area contributed by atoms with Gasteiger partial charge in [-0.15, -0.1) is 0 Å². The number of carbonyl (C=O) groups excluding carboxylic acids is 2. The number of aromatic nitrogens is 2. The van der Waals surface area contributed by atoms with Gasteiger partial charge in [0.05, 0.1) is 12.3 Å². The molecule has 0 saturated heterocycles. The van der Waals surface area contributed by atoms with Gasteiger partial charge in [0.2, 0.25) is 6.23 Å². The van der Waals surface area contributed by atoms with Crippen LogP contribution in [0.5, 0.6) is 0 Å². The molecule has 182 valence electrons. The normalized spacial score (nSPS) is 18.6. The zero-order valence-corrected chi connectivity index (χ0v) is 19.7. The first-order valence-corrected chi connectivity index (χ1v) is 12.2. The van der Waals surface area contributed by atoms with E-state index >= 15 is 0 Å². The Labute approximate surface area is 204 Å². The number of anilines is 1. The number of H-pyrrole nitrogens is 1. The molecule has 1 aliphatic rings. The Balaban J connectivity index is 1.51. The van der Waals surface area contributed by atoms with Crippen LogP contribution in [0.4, 0.5) is 5.69 Å². The minimum absolute atomic E-state index is 0.0574. The van der Waals surface area contributed by atoms with Gasteiger partial charge in [0, 0.05) is 23.2 Å². The molecule has 3 unspecified atom stereocenters. The van der Waals surface area contributed by atoms with Gasteiger partial charge in [-0.05, 0) is 35.7 Å². The van der Waals surface area contributed by atoms with E-state index in [-0.39, 0.29) is 17.8 Å². The lowest BCUT2D eigenvalue weighted by molar-refractivity contribution is -0.139. The summed E-state index contributed by atoms with van der Waals surface area (Å²) < 4.78 is 27.9. The number of hydrogen-bond donors (Lipinski definition) is 2. The predicted octanol–water partition coefficient (Wildman–Crippen LogP) is 2.58. The Morgan fingerprint density at radius 3 is 2.49 bits per heavy atom. The van der Waals surface area contributed by atoms with E-state index < -0.39 is 17.3 Å². The largest absolute Gasteiger partial charge is 0.772 e. The summed E-state index contributed by atoms with van der Waals surface area (Å²) in [5.74, 6) is -0.355. The highest BCUT2D eigenvalue weighted by molar-refractivity contribution is 7.78. The highest BCUT2D eigenvalue weighted by atomic mass is 32.2. The quantitative estimate of drug-likeness (QED) is 0.344. The van der Waals surface area contributed by atoms with Crippen LogP contribution in [-0.4, -0.2) is 54.2 Å². The van der Waals surface area contributed by atoms with E-state index in [2.05, 4.69) is 15.5 Å². The first-order valence-electron chi connectivity index (χ1n) is 11.0. The highest BCUT2D eigenvalue weighted by Gasteiger charge is 2.31. The van der Waals surface area contributed by atoms with Crippen molar-refractivity contribution in [3.05, 3.63) is 83.2 Å². The number of benzene rings is 2. The second-order valence-corrected chi connectivity index (χ2v) is 8.80. The molecule has 1 amide bonds. The van der Waals surface area contributed by atoms with Crippen LogP contribution >= 0.6 is 0 Å². The third-order valence-corrected chi connectivity index (χ3v) is 6.03. The second kappa shape index (κ2) is 11.2. The van der Waals surface area contributed by atoms with E-state index in [9.17, 15) is 18.4 Å². The van der Waals surface area contributed by atoms with E-state index in [0.29, 0.717) is 41.9 Å². The molecule has 0 fully saturated rings. The SMILES string of the molecule is CCC1OC(C=O)N(Cc2ccc(NC(=O)c3ccn[nH]3)cc2)N=C1c1ccc(CS(=O)[O-])cc1. The van der Waals surface area contributed by atoms with Crippen LogP contribution in [0.25, 0.3) is 0 Å². The number of hydrazone groups is 1. The third-order valence-electron chi connectivity index (χ3n) is 5.46. The summed E-state index contributed by atoms with van der Waals surface area (Å²) >= 11 is -2.16. The molecule has 0 radical (unpaired) electrons. The van der Waals surface area contributed by atoms with Gasteiger partial charge in [-0.1, -0.05) is 54.4 Å². The van der Waals surface area contributed by atoms with Crippen molar-refractivity contribution >= 4 is 34.7 Å². The molecule has 0 spiro atoms. The molecule has 10 nitrogen and oxygen atoms in total. The van der Waals surface area contributed by atoms with Crippen molar-refractivity contribution in [1.82, 2.24) is 15.2 Å². The first-order chi connectivity index (χ1) is 17.0. The fourth-order valence-electron chi connectivity index (χ4n) is 3.69. The standard InChI is InChI=1S/C24H25N5O5S/c1-2-21-23(18-7-3-17(4-8-18)15-35(32)33)28-29(22(14-30)34-21)13-16-5-9-19(10-6-16)26-24(31)20-11-12-25-27-20/h3-12,14,21-22H,2,13,15H2,1H3,(H,25,27)(H,26,31)(H,32,33)/p-1. The van der Waals surface area contributed by atoms with Gasteiger partial charge >= 0.3 is 0 Å². The first kappa shape index (κ1) is 24.5. The number of ether oxygens (including phenoxy) is 1. The summed E-state index contributed by atoms with van der Waals surface area (Å²) in [6.45, 7) is 2.26. The second-order valence-electron chi connectivity index (χ2n) is 7.91. The van der Waals surface area contributed by atoms with Crippen molar-refractivity contribution in [2.75, 3.05) is 5.32 Å². The topological polar surface area (TPSA) is 140 Å². The van der Waals surface area contributed by atoms with Gasteiger partial charge < -0.3 is 14.6 Å². The van der Waals surface area contributed by atoms with Crippen molar-refractivity contribution in [2.45, 2.75) is 38.0 Å². The summed E-state index contributed by atoms with van der Waals surface area (Å²) in [6.07, 6.45) is 1.62. The number of nitrogens with zero attached hydrogens (tertiary/aromatic N) is 3. The molecule has 1 aromatic heterocycles. The molecule has 2 heterocycles. The molecule has 0 saturated carbocycles. The number of aromatic amines is 1. The predicted molar refractivity (Wildman–Crippen MR) is 129 cm³/mol. The average Bonchev–Trinajstić information content (AvgIpc) is 3.40. The Bertz CT molecular complexity index is 1210. The minimum atomic E-state index is -2.16. The van der Waals surface area contributed by atoms with Crippen LogP contribution in [0.15, 0.2) is 65.9 Å².